The quantitative estimate of drug-likeness (QED) is 0.278. The number of rotatable bonds is 11. The summed E-state index contributed by atoms with van der Waals surface area (Å²) in [7, 11) is 0. The number of amides is 2. The zero-order valence-electron chi connectivity index (χ0n) is 25.0. The molecule has 2 amide bonds. The van der Waals surface area contributed by atoms with Gasteiger partial charge in [0.05, 0.1) is 49.3 Å². The van der Waals surface area contributed by atoms with Crippen LogP contribution in [0.15, 0.2) is 23.3 Å². The highest BCUT2D eigenvalue weighted by atomic mass is 19.4. The van der Waals surface area contributed by atoms with E-state index < -0.39 is 52.7 Å². The third-order valence-electron chi connectivity index (χ3n) is 7.99. The van der Waals surface area contributed by atoms with E-state index in [9.17, 15) is 40.7 Å². The summed E-state index contributed by atoms with van der Waals surface area (Å²) in [5.74, 6) is -0.410. The van der Waals surface area contributed by atoms with Crippen LogP contribution in [0.5, 0.6) is 0 Å². The highest BCUT2D eigenvalue weighted by Crippen LogP contribution is 2.40. The Hall–Kier alpha value is -3.89. The van der Waals surface area contributed by atoms with Gasteiger partial charge in [0, 0.05) is 31.9 Å². The van der Waals surface area contributed by atoms with Crippen molar-refractivity contribution in [2.45, 2.75) is 64.5 Å². The lowest BCUT2D eigenvalue weighted by Gasteiger charge is -2.47. The van der Waals surface area contributed by atoms with E-state index in [-0.39, 0.29) is 69.1 Å². The lowest BCUT2D eigenvalue weighted by Crippen LogP contribution is -2.64. The fourth-order valence-corrected chi connectivity index (χ4v) is 5.46. The van der Waals surface area contributed by atoms with Crippen molar-refractivity contribution in [3.63, 3.8) is 0 Å². The number of nitrogens with zero attached hydrogens (tertiary/aromatic N) is 5. The smallest absolute Gasteiger partial charge is 0.379 e. The molecule has 45 heavy (non-hydrogen) atoms. The molecule has 0 unspecified atom stereocenters. The molecule has 2 atom stereocenters. The van der Waals surface area contributed by atoms with Gasteiger partial charge in [-0.05, 0) is 18.9 Å². The number of alkyl halides is 6. The number of hydrogen-bond acceptors (Lipinski definition) is 8. The second-order valence-corrected chi connectivity index (χ2v) is 11.1. The van der Waals surface area contributed by atoms with Gasteiger partial charge in [0.25, 0.3) is 11.5 Å². The molecule has 11 nitrogen and oxygen atoms in total. The van der Waals surface area contributed by atoms with Crippen LogP contribution in [0.3, 0.4) is 0 Å². The first kappa shape index (κ1) is 34.0. The van der Waals surface area contributed by atoms with Gasteiger partial charge >= 0.3 is 12.4 Å². The van der Waals surface area contributed by atoms with Gasteiger partial charge in [-0.25, -0.2) is 10.1 Å². The summed E-state index contributed by atoms with van der Waals surface area (Å²) in [5.41, 5.74) is -4.14. The number of carbonyl (C=O) groups excluding carboxylic acids is 2. The molecular weight excluding hydrogens is 612 g/mol. The van der Waals surface area contributed by atoms with Crippen molar-refractivity contribution in [3.8, 4) is 0 Å². The van der Waals surface area contributed by atoms with Crippen molar-refractivity contribution < 1.29 is 40.7 Å². The molecule has 0 aliphatic carbocycles. The molecule has 2 aromatic heterocycles. The van der Waals surface area contributed by atoms with E-state index >= 15 is 0 Å². The first-order valence-corrected chi connectivity index (χ1v) is 14.6. The van der Waals surface area contributed by atoms with Crippen LogP contribution in [0.2, 0.25) is 0 Å². The molecule has 0 bridgehead atoms. The van der Waals surface area contributed by atoms with Crippen molar-refractivity contribution in [3.05, 3.63) is 39.9 Å². The lowest BCUT2D eigenvalue weighted by molar-refractivity contribution is -0.138. The number of fused-ring (bicyclic) bond motifs is 3. The van der Waals surface area contributed by atoms with Gasteiger partial charge < -0.3 is 24.8 Å². The van der Waals surface area contributed by atoms with E-state index in [2.05, 4.69) is 15.4 Å². The van der Waals surface area contributed by atoms with Crippen molar-refractivity contribution in [1.29, 1.82) is 0 Å². The van der Waals surface area contributed by atoms with Crippen LogP contribution in [-0.2, 0) is 26.7 Å². The highest BCUT2D eigenvalue weighted by molar-refractivity contribution is 6.05. The highest BCUT2D eigenvalue weighted by Gasteiger charge is 2.45. The number of carbonyl (C=O) groups is 2. The lowest BCUT2D eigenvalue weighted by atomic mass is 9.99. The average molecular weight is 648 g/mol. The number of ether oxygens (including phenoxy) is 1. The molecule has 1 saturated heterocycles. The Balaban J connectivity index is 1.38. The minimum Gasteiger partial charge on any atom is -0.379 e. The number of H-pyrrole nitrogens is 1. The van der Waals surface area contributed by atoms with Crippen LogP contribution >= 0.6 is 0 Å². The van der Waals surface area contributed by atoms with Gasteiger partial charge in [0.15, 0.2) is 5.82 Å². The van der Waals surface area contributed by atoms with E-state index in [4.69, 9.17) is 4.74 Å². The van der Waals surface area contributed by atoms with Crippen LogP contribution in [0.25, 0.3) is 0 Å². The zero-order chi connectivity index (χ0) is 33.1. The standard InChI is InChI=1S/C28H35F6N7O4/c1-4-17(5-2)13-41-20-10-18(27(29,30)31)11-35-24(20)40-8-7-39(14-21(40)26(41)44)22(42)6-9-45-15-16(3)37-19-12-36-38-25(43)23(19)28(32,33)34/h10-12,16-17,21H,4-9,13-15H2,1-3H3,(H2,37,38,43)/t16-,21+/m0/s1. The largest absolute Gasteiger partial charge is 0.423 e. The Morgan fingerprint density at radius 1 is 1.11 bits per heavy atom. The Bertz CT molecular complexity index is 1430. The molecule has 0 radical (unpaired) electrons. The number of hydrogen-bond donors (Lipinski definition) is 2. The Morgan fingerprint density at radius 2 is 1.82 bits per heavy atom. The maximum absolute atomic E-state index is 13.7. The van der Waals surface area contributed by atoms with E-state index in [1.165, 1.54) is 16.7 Å². The molecule has 2 aliphatic heterocycles. The number of aromatic amines is 1. The van der Waals surface area contributed by atoms with E-state index in [0.29, 0.717) is 0 Å². The van der Waals surface area contributed by atoms with Crippen LogP contribution < -0.4 is 20.7 Å². The molecule has 0 spiro atoms. The van der Waals surface area contributed by atoms with Crippen molar-refractivity contribution >= 4 is 29.0 Å². The fraction of sp³-hybridized carbons (Fsp3) is 0.607. The molecule has 4 heterocycles. The maximum atomic E-state index is 13.7. The molecule has 2 aliphatic rings. The van der Waals surface area contributed by atoms with Crippen molar-refractivity contribution in [1.82, 2.24) is 20.1 Å². The van der Waals surface area contributed by atoms with Crippen LogP contribution in [0, 0.1) is 5.92 Å². The number of piperazine rings is 1. The summed E-state index contributed by atoms with van der Waals surface area (Å²) in [4.78, 5) is 47.0. The minimum absolute atomic E-state index is 0.00690. The molecule has 4 rings (SSSR count). The second-order valence-electron chi connectivity index (χ2n) is 11.1. The Kier molecular flexibility index (Phi) is 10.3. The van der Waals surface area contributed by atoms with Gasteiger partial charge in [-0.3, -0.25) is 14.4 Å². The van der Waals surface area contributed by atoms with E-state index in [1.54, 1.807) is 10.00 Å². The van der Waals surface area contributed by atoms with Crippen LogP contribution in [-0.4, -0.2) is 83.4 Å². The van der Waals surface area contributed by atoms with Gasteiger partial charge in [-0.1, -0.05) is 26.7 Å². The summed E-state index contributed by atoms with van der Waals surface area (Å²) < 4.78 is 85.9. The number of pyridine rings is 1. The topological polar surface area (TPSA) is 124 Å². The van der Waals surface area contributed by atoms with Crippen molar-refractivity contribution in [2.75, 3.05) is 54.5 Å². The molecule has 248 valence electrons. The predicted octanol–water partition coefficient (Wildman–Crippen LogP) is 3.91. The Labute approximate surface area is 254 Å². The second kappa shape index (κ2) is 13.6. The monoisotopic (exact) mass is 647 g/mol. The van der Waals surface area contributed by atoms with Crippen LogP contribution in [0.4, 0.5) is 43.5 Å². The first-order chi connectivity index (χ1) is 21.1. The molecule has 17 heteroatoms. The summed E-state index contributed by atoms with van der Waals surface area (Å²) in [6.07, 6.45) is -6.56. The number of aromatic nitrogens is 3. The predicted molar refractivity (Wildman–Crippen MR) is 152 cm³/mol. The first-order valence-electron chi connectivity index (χ1n) is 14.6. The van der Waals surface area contributed by atoms with Gasteiger partial charge in [-0.2, -0.15) is 31.4 Å². The summed E-state index contributed by atoms with van der Waals surface area (Å²) >= 11 is 0. The van der Waals surface area contributed by atoms with Crippen molar-refractivity contribution in [2.24, 2.45) is 5.92 Å². The van der Waals surface area contributed by atoms with Crippen LogP contribution in [0.1, 0.15) is 51.2 Å². The summed E-state index contributed by atoms with van der Waals surface area (Å²) in [6.45, 7) is 5.89. The Morgan fingerprint density at radius 3 is 2.47 bits per heavy atom. The number of anilines is 3. The maximum Gasteiger partial charge on any atom is 0.423 e. The summed E-state index contributed by atoms with van der Waals surface area (Å²) in [6, 6.07) is -0.538. The summed E-state index contributed by atoms with van der Waals surface area (Å²) in [5, 5.41) is 7.71. The molecule has 2 N–H and O–H groups in total. The zero-order valence-corrected chi connectivity index (χ0v) is 25.0. The molecule has 0 aromatic carbocycles. The number of nitrogens with one attached hydrogen (secondary N) is 2. The van der Waals surface area contributed by atoms with E-state index in [0.717, 1.165) is 31.3 Å². The SMILES string of the molecule is CCC(CC)CN1C(=O)[C@H]2CN(C(=O)CCOC[C@H](C)Nc3cn[nH]c(=O)c3C(F)(F)F)CCN2c2ncc(C(F)(F)F)cc21. The van der Waals surface area contributed by atoms with Gasteiger partial charge in [0.2, 0.25) is 5.91 Å². The van der Waals surface area contributed by atoms with E-state index in [1.807, 2.05) is 13.8 Å². The fourth-order valence-electron chi connectivity index (χ4n) is 5.46. The van der Waals surface area contributed by atoms with Gasteiger partial charge in [-0.15, -0.1) is 0 Å². The van der Waals surface area contributed by atoms with Gasteiger partial charge in [0.1, 0.15) is 11.6 Å². The molecule has 0 saturated carbocycles. The normalized spacial score (nSPS) is 17.8. The number of halogens is 6. The minimum atomic E-state index is -4.90. The molecular formula is C28H35F6N7O4. The molecule has 1 fully saturated rings. The average Bonchev–Trinajstić information content (AvgIpc) is 2.97. The third kappa shape index (κ3) is 7.68. The third-order valence-corrected chi connectivity index (χ3v) is 7.99. The molecule has 2 aromatic rings.